The van der Waals surface area contributed by atoms with Gasteiger partial charge in [0, 0.05) is 48.2 Å². The SMILES string of the molecule is CC(C)(C)OC(=O)N1CCC(n2cc(-c3cnc(-c4cccc(CN5N=C(c6cc(F)cc(F)c6)C=CC5O)c4)s3)cn2)CC1. The normalized spacial score (nSPS) is 17.5. The van der Waals surface area contributed by atoms with Crippen LogP contribution in [-0.4, -0.2) is 66.5 Å². The minimum absolute atomic E-state index is 0.199. The van der Waals surface area contributed by atoms with Crippen LogP contribution in [0.5, 0.6) is 0 Å². The Labute approximate surface area is 264 Å². The highest BCUT2D eigenvalue weighted by molar-refractivity contribution is 7.18. The number of carbonyl (C=O) groups is 1. The van der Waals surface area contributed by atoms with Gasteiger partial charge in [-0.05, 0) is 69.5 Å². The van der Waals surface area contributed by atoms with Gasteiger partial charge in [-0.3, -0.25) is 9.69 Å². The zero-order chi connectivity index (χ0) is 31.7. The van der Waals surface area contributed by atoms with Crippen molar-refractivity contribution >= 4 is 23.1 Å². The van der Waals surface area contributed by atoms with Gasteiger partial charge in [0.1, 0.15) is 22.2 Å². The van der Waals surface area contributed by atoms with Crippen molar-refractivity contribution in [3.05, 3.63) is 96.0 Å². The average Bonchev–Trinajstić information content (AvgIpc) is 3.68. The molecule has 1 atom stereocenters. The van der Waals surface area contributed by atoms with E-state index in [4.69, 9.17) is 4.74 Å². The van der Waals surface area contributed by atoms with E-state index in [0.29, 0.717) is 24.4 Å². The van der Waals surface area contributed by atoms with Crippen molar-refractivity contribution in [2.24, 2.45) is 5.10 Å². The maximum atomic E-state index is 13.8. The molecular weight excluding hydrogens is 598 g/mol. The first kappa shape index (κ1) is 30.6. The Morgan fingerprint density at radius 2 is 1.80 bits per heavy atom. The number of thiazole rings is 1. The van der Waals surface area contributed by atoms with Gasteiger partial charge in [0.25, 0.3) is 0 Å². The van der Waals surface area contributed by atoms with E-state index in [-0.39, 0.29) is 18.7 Å². The van der Waals surface area contributed by atoms with E-state index in [1.54, 1.807) is 22.3 Å². The molecule has 1 amide bonds. The second kappa shape index (κ2) is 12.5. The predicted octanol–water partition coefficient (Wildman–Crippen LogP) is 6.62. The lowest BCUT2D eigenvalue weighted by Crippen LogP contribution is -2.42. The van der Waals surface area contributed by atoms with Crippen LogP contribution in [-0.2, 0) is 11.3 Å². The summed E-state index contributed by atoms with van der Waals surface area (Å²) in [6.07, 6.45) is 9.15. The number of aromatic nitrogens is 3. The van der Waals surface area contributed by atoms with E-state index in [9.17, 15) is 18.7 Å². The number of piperidine rings is 1. The van der Waals surface area contributed by atoms with Crippen LogP contribution in [0.25, 0.3) is 21.0 Å². The van der Waals surface area contributed by atoms with Gasteiger partial charge in [-0.25, -0.2) is 18.6 Å². The molecule has 4 heterocycles. The van der Waals surface area contributed by atoms with E-state index in [1.807, 2.05) is 68.3 Å². The number of benzene rings is 2. The number of rotatable bonds is 6. The van der Waals surface area contributed by atoms with Crippen LogP contribution in [0.4, 0.5) is 13.6 Å². The molecule has 2 aliphatic rings. The van der Waals surface area contributed by atoms with Crippen molar-refractivity contribution in [3.8, 4) is 21.0 Å². The summed E-state index contributed by atoms with van der Waals surface area (Å²) in [6.45, 7) is 7.13. The number of aliphatic hydroxyl groups is 1. The third-order valence-electron chi connectivity index (χ3n) is 7.53. The number of hydrogen-bond acceptors (Lipinski definition) is 8. The minimum atomic E-state index is -0.983. The number of hydrogen-bond donors (Lipinski definition) is 1. The molecule has 2 aromatic carbocycles. The number of carbonyl (C=O) groups excluding carboxylic acids is 1. The summed E-state index contributed by atoms with van der Waals surface area (Å²) >= 11 is 1.56. The van der Waals surface area contributed by atoms with E-state index < -0.39 is 23.5 Å². The Bertz CT molecular complexity index is 1730. The molecule has 1 unspecified atom stereocenters. The highest BCUT2D eigenvalue weighted by Crippen LogP contribution is 2.34. The molecule has 12 heteroatoms. The summed E-state index contributed by atoms with van der Waals surface area (Å²) in [5.41, 5.74) is 2.91. The summed E-state index contributed by atoms with van der Waals surface area (Å²) in [5.74, 6) is -1.38. The Morgan fingerprint density at radius 1 is 1.04 bits per heavy atom. The van der Waals surface area contributed by atoms with Crippen LogP contribution < -0.4 is 0 Å². The average molecular weight is 633 g/mol. The summed E-state index contributed by atoms with van der Waals surface area (Å²) in [7, 11) is 0. The zero-order valence-corrected chi connectivity index (χ0v) is 26.0. The number of nitrogens with zero attached hydrogens (tertiary/aromatic N) is 6. The van der Waals surface area contributed by atoms with Crippen LogP contribution in [0, 0.1) is 11.6 Å². The van der Waals surface area contributed by atoms with Crippen LogP contribution >= 0.6 is 11.3 Å². The van der Waals surface area contributed by atoms with Crippen LogP contribution in [0.2, 0.25) is 0 Å². The fourth-order valence-corrected chi connectivity index (χ4v) is 6.21. The van der Waals surface area contributed by atoms with Crippen molar-refractivity contribution < 1.29 is 23.4 Å². The molecule has 45 heavy (non-hydrogen) atoms. The first-order valence-corrected chi connectivity index (χ1v) is 15.6. The quantitative estimate of drug-likeness (QED) is 0.257. The monoisotopic (exact) mass is 632 g/mol. The van der Waals surface area contributed by atoms with Crippen LogP contribution in [0.3, 0.4) is 0 Å². The Hall–Kier alpha value is -4.42. The minimum Gasteiger partial charge on any atom is -0.444 e. The number of allylic oxidation sites excluding steroid dienone is 1. The largest absolute Gasteiger partial charge is 0.444 e. The molecule has 0 saturated carbocycles. The Morgan fingerprint density at radius 3 is 2.53 bits per heavy atom. The molecule has 9 nitrogen and oxygen atoms in total. The predicted molar refractivity (Wildman–Crippen MR) is 168 cm³/mol. The fourth-order valence-electron chi connectivity index (χ4n) is 5.33. The molecule has 1 saturated heterocycles. The summed E-state index contributed by atoms with van der Waals surface area (Å²) in [5, 5.41) is 21.9. The molecule has 234 valence electrons. The van der Waals surface area contributed by atoms with Crippen molar-refractivity contribution in [1.82, 2.24) is 24.7 Å². The third-order valence-corrected chi connectivity index (χ3v) is 8.62. The van der Waals surface area contributed by atoms with Crippen molar-refractivity contribution in [2.45, 2.75) is 58.0 Å². The van der Waals surface area contributed by atoms with E-state index in [0.717, 1.165) is 45.5 Å². The van der Waals surface area contributed by atoms with E-state index in [1.165, 1.54) is 23.2 Å². The van der Waals surface area contributed by atoms with Crippen molar-refractivity contribution in [1.29, 1.82) is 0 Å². The van der Waals surface area contributed by atoms with Gasteiger partial charge in [0.15, 0.2) is 6.23 Å². The molecule has 0 radical (unpaired) electrons. The maximum absolute atomic E-state index is 13.8. The number of hydrazone groups is 1. The molecule has 4 aromatic rings. The maximum Gasteiger partial charge on any atom is 0.410 e. The second-order valence-electron chi connectivity index (χ2n) is 12.2. The highest BCUT2D eigenvalue weighted by Gasteiger charge is 2.28. The molecule has 6 rings (SSSR count). The smallest absolute Gasteiger partial charge is 0.410 e. The molecule has 0 spiro atoms. The van der Waals surface area contributed by atoms with Gasteiger partial charge in [0.2, 0.25) is 0 Å². The number of aliphatic hydroxyl groups excluding tert-OH is 1. The van der Waals surface area contributed by atoms with Gasteiger partial charge >= 0.3 is 6.09 Å². The van der Waals surface area contributed by atoms with Gasteiger partial charge in [-0.2, -0.15) is 10.2 Å². The van der Waals surface area contributed by atoms with Gasteiger partial charge in [-0.15, -0.1) is 11.3 Å². The first-order chi connectivity index (χ1) is 21.5. The van der Waals surface area contributed by atoms with Crippen LogP contribution in [0.1, 0.15) is 50.8 Å². The third kappa shape index (κ3) is 7.29. The van der Waals surface area contributed by atoms with E-state index in [2.05, 4.69) is 15.2 Å². The molecule has 2 aliphatic heterocycles. The number of ether oxygens (including phenoxy) is 1. The first-order valence-electron chi connectivity index (χ1n) is 14.8. The Kier molecular flexibility index (Phi) is 8.52. The number of amides is 1. The van der Waals surface area contributed by atoms with Gasteiger partial charge in [-0.1, -0.05) is 18.2 Å². The molecule has 1 N–H and O–H groups in total. The van der Waals surface area contributed by atoms with Gasteiger partial charge < -0.3 is 14.7 Å². The highest BCUT2D eigenvalue weighted by atomic mass is 32.1. The summed E-state index contributed by atoms with van der Waals surface area (Å²) in [4.78, 5) is 19.8. The lowest BCUT2D eigenvalue weighted by Gasteiger charge is -2.33. The Balaban J connectivity index is 1.11. The standard InChI is InChI=1S/C33H34F2N6O3S/c1-33(2,3)44-32(43)39-11-9-27(10-12-39)40-20-24(17-37-40)29-18-36-31(45-29)22-6-4-5-21(13-22)19-41-30(42)8-7-28(38-41)23-14-25(34)16-26(35)15-23/h4-8,13-18,20,27,30,42H,9-12,19H2,1-3H3. The topological polar surface area (TPSA) is 96.1 Å². The van der Waals surface area contributed by atoms with Crippen LogP contribution in [0.15, 0.2) is 78.3 Å². The lowest BCUT2D eigenvalue weighted by molar-refractivity contribution is 0.0184. The van der Waals surface area contributed by atoms with Crippen molar-refractivity contribution in [2.75, 3.05) is 13.1 Å². The molecule has 0 bridgehead atoms. The summed E-state index contributed by atoms with van der Waals surface area (Å²) < 4.78 is 35.0. The molecule has 2 aromatic heterocycles. The molecule has 0 aliphatic carbocycles. The van der Waals surface area contributed by atoms with Crippen molar-refractivity contribution in [3.63, 3.8) is 0 Å². The summed E-state index contributed by atoms with van der Waals surface area (Å²) in [6, 6.07) is 11.2. The van der Waals surface area contributed by atoms with E-state index >= 15 is 0 Å². The fraction of sp³-hybridized carbons (Fsp3) is 0.333. The molecule has 1 fully saturated rings. The second-order valence-corrected chi connectivity index (χ2v) is 13.2. The number of halogens is 2. The zero-order valence-electron chi connectivity index (χ0n) is 25.2. The molecular formula is C33H34F2N6O3S. The van der Waals surface area contributed by atoms with Gasteiger partial charge in [0.05, 0.1) is 29.4 Å². The number of likely N-dealkylation sites (tertiary alicyclic amines) is 1. The lowest BCUT2D eigenvalue weighted by atomic mass is 10.1.